The molecule has 0 aliphatic heterocycles. The van der Waals surface area contributed by atoms with Crippen molar-refractivity contribution in [2.75, 3.05) is 12.3 Å². The molecule has 128 valence electrons. The van der Waals surface area contributed by atoms with Crippen molar-refractivity contribution < 1.29 is 4.79 Å². The fourth-order valence-electron chi connectivity index (χ4n) is 2.51. The Morgan fingerprint density at radius 1 is 1.08 bits per heavy atom. The van der Waals surface area contributed by atoms with Gasteiger partial charge in [0.25, 0.3) is 0 Å². The Bertz CT molecular complexity index is 909. The number of aryl methyl sites for hydroxylation is 1. The van der Waals surface area contributed by atoms with Crippen LogP contribution in [0.5, 0.6) is 0 Å². The third kappa shape index (κ3) is 4.70. The number of carbonyl (C=O) groups is 1. The standard InChI is InChI=1S/C19H19N3O2S/c23-18-14-21-22(17-9-5-4-8-16(17)18)12-10-19(24)20-11-13-25-15-6-2-1-3-7-15/h1-9,14H,10-13H2,(H,20,24). The molecule has 0 atom stereocenters. The first-order valence-corrected chi connectivity index (χ1v) is 9.12. The smallest absolute Gasteiger partial charge is 0.221 e. The molecule has 0 saturated carbocycles. The van der Waals surface area contributed by atoms with Gasteiger partial charge in [-0.1, -0.05) is 30.3 Å². The Kier molecular flexibility index (Phi) is 5.85. The topological polar surface area (TPSA) is 64.0 Å². The largest absolute Gasteiger partial charge is 0.355 e. The van der Waals surface area contributed by atoms with Crippen molar-refractivity contribution in [3.8, 4) is 0 Å². The van der Waals surface area contributed by atoms with Crippen LogP contribution in [0.3, 0.4) is 0 Å². The van der Waals surface area contributed by atoms with E-state index in [2.05, 4.69) is 22.5 Å². The molecule has 1 amide bonds. The van der Waals surface area contributed by atoms with Crippen LogP contribution in [0.25, 0.3) is 10.9 Å². The number of benzene rings is 2. The van der Waals surface area contributed by atoms with E-state index in [4.69, 9.17) is 0 Å². The molecule has 1 N–H and O–H groups in total. The van der Waals surface area contributed by atoms with Crippen molar-refractivity contribution in [3.63, 3.8) is 0 Å². The molecule has 1 heterocycles. The van der Waals surface area contributed by atoms with E-state index in [-0.39, 0.29) is 11.3 Å². The second-order valence-electron chi connectivity index (χ2n) is 5.51. The summed E-state index contributed by atoms with van der Waals surface area (Å²) < 4.78 is 1.70. The van der Waals surface area contributed by atoms with Gasteiger partial charge in [0.15, 0.2) is 0 Å². The summed E-state index contributed by atoms with van der Waals surface area (Å²) in [6.45, 7) is 1.06. The van der Waals surface area contributed by atoms with Crippen LogP contribution in [0.15, 0.2) is 70.5 Å². The second kappa shape index (κ2) is 8.48. The van der Waals surface area contributed by atoms with Gasteiger partial charge in [0, 0.05) is 29.0 Å². The molecule has 0 aliphatic rings. The van der Waals surface area contributed by atoms with Crippen molar-refractivity contribution in [1.82, 2.24) is 15.1 Å². The van der Waals surface area contributed by atoms with E-state index in [0.29, 0.717) is 24.9 Å². The van der Waals surface area contributed by atoms with E-state index in [9.17, 15) is 9.59 Å². The van der Waals surface area contributed by atoms with Gasteiger partial charge in [0.2, 0.25) is 11.3 Å². The molecule has 0 spiro atoms. The number of hydrogen-bond acceptors (Lipinski definition) is 4. The molecular weight excluding hydrogens is 334 g/mol. The quantitative estimate of drug-likeness (QED) is 0.524. The molecule has 25 heavy (non-hydrogen) atoms. The number of fused-ring (bicyclic) bond motifs is 1. The van der Waals surface area contributed by atoms with E-state index in [0.717, 1.165) is 11.3 Å². The normalized spacial score (nSPS) is 10.7. The number of para-hydroxylation sites is 1. The molecule has 3 aromatic rings. The van der Waals surface area contributed by atoms with Gasteiger partial charge in [-0.05, 0) is 24.3 Å². The van der Waals surface area contributed by atoms with E-state index >= 15 is 0 Å². The summed E-state index contributed by atoms with van der Waals surface area (Å²) in [7, 11) is 0. The maximum Gasteiger partial charge on any atom is 0.221 e. The van der Waals surface area contributed by atoms with Crippen molar-refractivity contribution in [1.29, 1.82) is 0 Å². The number of aromatic nitrogens is 2. The molecule has 2 aromatic carbocycles. The van der Waals surface area contributed by atoms with Crippen LogP contribution in [0.4, 0.5) is 0 Å². The highest BCUT2D eigenvalue weighted by atomic mass is 32.2. The van der Waals surface area contributed by atoms with Gasteiger partial charge < -0.3 is 5.32 Å². The summed E-state index contributed by atoms with van der Waals surface area (Å²) in [5, 5.41) is 7.68. The second-order valence-corrected chi connectivity index (χ2v) is 6.68. The first kappa shape index (κ1) is 17.2. The minimum Gasteiger partial charge on any atom is -0.355 e. The van der Waals surface area contributed by atoms with Crippen LogP contribution in [0.1, 0.15) is 6.42 Å². The number of nitrogens with zero attached hydrogens (tertiary/aromatic N) is 2. The van der Waals surface area contributed by atoms with Crippen LogP contribution < -0.4 is 10.7 Å². The first-order valence-electron chi connectivity index (χ1n) is 8.13. The number of thioether (sulfide) groups is 1. The highest BCUT2D eigenvalue weighted by Gasteiger charge is 2.06. The monoisotopic (exact) mass is 353 g/mol. The number of hydrogen-bond donors (Lipinski definition) is 1. The van der Waals surface area contributed by atoms with Crippen molar-refractivity contribution in [2.24, 2.45) is 0 Å². The molecule has 6 heteroatoms. The van der Waals surface area contributed by atoms with E-state index < -0.39 is 0 Å². The minimum absolute atomic E-state index is 0.0155. The average molecular weight is 353 g/mol. The van der Waals surface area contributed by atoms with E-state index in [1.54, 1.807) is 22.5 Å². The predicted octanol–water partition coefficient (Wildman–Crippen LogP) is 2.70. The zero-order valence-corrected chi connectivity index (χ0v) is 14.5. The zero-order chi connectivity index (χ0) is 17.5. The first-order chi connectivity index (χ1) is 12.2. The lowest BCUT2D eigenvalue weighted by Gasteiger charge is -2.09. The average Bonchev–Trinajstić information content (AvgIpc) is 2.66. The SMILES string of the molecule is O=C(CCn1ncc(=O)c2ccccc21)NCCSc1ccccc1. The Balaban J connectivity index is 1.48. The fourth-order valence-corrected chi connectivity index (χ4v) is 3.30. The van der Waals surface area contributed by atoms with Crippen molar-refractivity contribution in [3.05, 3.63) is 71.0 Å². The summed E-state index contributed by atoms with van der Waals surface area (Å²) in [4.78, 5) is 25.0. The van der Waals surface area contributed by atoms with E-state index in [1.807, 2.05) is 36.4 Å². The van der Waals surface area contributed by atoms with Crippen LogP contribution in [0.2, 0.25) is 0 Å². The number of amides is 1. The Morgan fingerprint density at radius 3 is 2.68 bits per heavy atom. The number of rotatable bonds is 7. The Labute approximate surface area is 150 Å². The summed E-state index contributed by atoms with van der Waals surface area (Å²) in [6, 6.07) is 17.4. The van der Waals surface area contributed by atoms with Crippen molar-refractivity contribution >= 4 is 28.6 Å². The molecule has 3 rings (SSSR count). The van der Waals surface area contributed by atoms with Gasteiger partial charge in [-0.25, -0.2) is 0 Å². The van der Waals surface area contributed by atoms with Gasteiger partial charge >= 0.3 is 0 Å². The minimum atomic E-state index is -0.103. The molecule has 0 unspecified atom stereocenters. The van der Waals surface area contributed by atoms with Crippen LogP contribution in [0, 0.1) is 0 Å². The van der Waals surface area contributed by atoms with Gasteiger partial charge in [0.1, 0.15) is 0 Å². The summed E-state index contributed by atoms with van der Waals surface area (Å²) in [5.74, 6) is 0.813. The summed E-state index contributed by atoms with van der Waals surface area (Å²) in [5.41, 5.74) is 0.650. The number of carbonyl (C=O) groups excluding carboxylic acids is 1. The molecule has 0 saturated heterocycles. The summed E-state index contributed by atoms with van der Waals surface area (Å²) >= 11 is 1.71. The zero-order valence-electron chi connectivity index (χ0n) is 13.7. The van der Waals surface area contributed by atoms with Crippen LogP contribution in [-0.4, -0.2) is 28.0 Å². The van der Waals surface area contributed by atoms with E-state index in [1.165, 1.54) is 11.1 Å². The van der Waals surface area contributed by atoms with Crippen molar-refractivity contribution in [2.45, 2.75) is 17.9 Å². The van der Waals surface area contributed by atoms with Crippen LogP contribution >= 0.6 is 11.8 Å². The lowest BCUT2D eigenvalue weighted by atomic mass is 10.2. The van der Waals surface area contributed by atoms with Gasteiger partial charge in [0.05, 0.1) is 18.3 Å². The molecule has 1 aromatic heterocycles. The highest BCUT2D eigenvalue weighted by Crippen LogP contribution is 2.15. The third-order valence-electron chi connectivity index (χ3n) is 3.75. The molecule has 0 bridgehead atoms. The Hall–Kier alpha value is -2.60. The maximum atomic E-state index is 12.0. The molecule has 0 radical (unpaired) electrons. The highest BCUT2D eigenvalue weighted by molar-refractivity contribution is 7.99. The Morgan fingerprint density at radius 2 is 1.84 bits per heavy atom. The third-order valence-corrected chi connectivity index (χ3v) is 4.76. The molecule has 0 aliphatic carbocycles. The molecular formula is C19H19N3O2S. The lowest BCUT2D eigenvalue weighted by Crippen LogP contribution is -2.27. The van der Waals surface area contributed by atoms with Gasteiger partial charge in [-0.2, -0.15) is 5.10 Å². The molecule has 5 nitrogen and oxygen atoms in total. The van der Waals surface area contributed by atoms with Gasteiger partial charge in [-0.3, -0.25) is 14.3 Å². The summed E-state index contributed by atoms with van der Waals surface area (Å²) in [6.07, 6.45) is 1.63. The predicted molar refractivity (Wildman–Crippen MR) is 101 cm³/mol. The maximum absolute atomic E-state index is 12.0. The van der Waals surface area contributed by atoms with Crippen LogP contribution in [-0.2, 0) is 11.3 Å². The number of nitrogens with one attached hydrogen (secondary N) is 1. The fraction of sp³-hybridized carbons (Fsp3) is 0.211. The van der Waals surface area contributed by atoms with Gasteiger partial charge in [-0.15, -0.1) is 11.8 Å². The lowest BCUT2D eigenvalue weighted by molar-refractivity contribution is -0.121. The molecule has 0 fully saturated rings.